The molecule has 0 bridgehead atoms. The maximum Gasteiger partial charge on any atom is 0.261 e. The lowest BCUT2D eigenvalue weighted by atomic mass is 10.2. The van der Waals surface area contributed by atoms with Crippen LogP contribution in [0.2, 0.25) is 0 Å². The Morgan fingerprint density at radius 3 is 2.37 bits per heavy atom. The predicted octanol–water partition coefficient (Wildman–Crippen LogP) is 2.77. The average Bonchev–Trinajstić information content (AvgIpc) is 2.44. The third kappa shape index (κ3) is 4.47. The van der Waals surface area contributed by atoms with Crippen LogP contribution in [-0.4, -0.2) is 25.2 Å². The van der Waals surface area contributed by atoms with Crippen molar-refractivity contribution < 1.29 is 14.3 Å². The van der Waals surface area contributed by atoms with E-state index in [0.29, 0.717) is 17.9 Å². The molecule has 4 nitrogen and oxygen atoms in total. The zero-order valence-electron chi connectivity index (χ0n) is 12.1. The second-order valence-corrected chi connectivity index (χ2v) is 4.48. The zero-order chi connectivity index (χ0) is 14.3. The Morgan fingerprint density at radius 1 is 1.21 bits per heavy atom. The standard InChI is InChI=1S/C15H23NO3/c1-5-11(3)16-15(17)12(6-2)19-14-10-8-7-9-13(14)18-4/h7-12H,5-6H2,1-4H3,(H,16,17)/t11-,12-/m0/s1. The first-order valence-corrected chi connectivity index (χ1v) is 6.72. The van der Waals surface area contributed by atoms with Gasteiger partial charge in [0.1, 0.15) is 0 Å². The second-order valence-electron chi connectivity index (χ2n) is 4.48. The van der Waals surface area contributed by atoms with Gasteiger partial charge in [0.15, 0.2) is 17.6 Å². The van der Waals surface area contributed by atoms with Crippen LogP contribution in [0.25, 0.3) is 0 Å². The molecule has 0 aliphatic rings. The van der Waals surface area contributed by atoms with Crippen LogP contribution in [0.5, 0.6) is 11.5 Å². The van der Waals surface area contributed by atoms with Gasteiger partial charge in [0.05, 0.1) is 7.11 Å². The molecule has 1 aromatic rings. The highest BCUT2D eigenvalue weighted by Gasteiger charge is 2.20. The molecule has 1 amide bonds. The summed E-state index contributed by atoms with van der Waals surface area (Å²) in [6, 6.07) is 7.50. The van der Waals surface area contributed by atoms with E-state index >= 15 is 0 Å². The van der Waals surface area contributed by atoms with E-state index in [2.05, 4.69) is 5.32 Å². The van der Waals surface area contributed by atoms with E-state index in [0.717, 1.165) is 6.42 Å². The summed E-state index contributed by atoms with van der Waals surface area (Å²) in [5, 5.41) is 2.93. The molecule has 4 heteroatoms. The van der Waals surface area contributed by atoms with Crippen molar-refractivity contribution in [1.29, 1.82) is 0 Å². The lowest BCUT2D eigenvalue weighted by molar-refractivity contribution is -0.128. The van der Waals surface area contributed by atoms with Gasteiger partial charge in [0.25, 0.3) is 5.91 Å². The number of methoxy groups -OCH3 is 1. The van der Waals surface area contributed by atoms with E-state index < -0.39 is 6.10 Å². The van der Waals surface area contributed by atoms with Crippen molar-refractivity contribution in [3.05, 3.63) is 24.3 Å². The summed E-state index contributed by atoms with van der Waals surface area (Å²) in [6.07, 6.45) is 1.02. The van der Waals surface area contributed by atoms with Gasteiger partial charge in [-0.1, -0.05) is 26.0 Å². The maximum absolute atomic E-state index is 12.1. The van der Waals surface area contributed by atoms with Crippen LogP contribution in [0.3, 0.4) is 0 Å². The normalized spacial score (nSPS) is 13.5. The van der Waals surface area contributed by atoms with Crippen molar-refractivity contribution in [3.63, 3.8) is 0 Å². The van der Waals surface area contributed by atoms with E-state index in [4.69, 9.17) is 9.47 Å². The van der Waals surface area contributed by atoms with Gasteiger partial charge in [-0.3, -0.25) is 4.79 Å². The summed E-state index contributed by atoms with van der Waals surface area (Å²) in [7, 11) is 1.59. The minimum atomic E-state index is -0.495. The third-order valence-electron chi connectivity index (χ3n) is 3.00. The van der Waals surface area contributed by atoms with Gasteiger partial charge in [0.2, 0.25) is 0 Å². The first-order chi connectivity index (χ1) is 9.12. The molecule has 0 spiro atoms. The summed E-state index contributed by atoms with van der Waals surface area (Å²) < 4.78 is 11.0. The Labute approximate surface area is 115 Å². The summed E-state index contributed by atoms with van der Waals surface area (Å²) in [6.45, 7) is 5.94. The van der Waals surface area contributed by atoms with Crippen LogP contribution >= 0.6 is 0 Å². The number of hydrogen-bond donors (Lipinski definition) is 1. The van der Waals surface area contributed by atoms with Gasteiger partial charge in [-0.25, -0.2) is 0 Å². The van der Waals surface area contributed by atoms with E-state index in [1.807, 2.05) is 39.0 Å². The van der Waals surface area contributed by atoms with E-state index in [-0.39, 0.29) is 11.9 Å². The molecule has 0 fully saturated rings. The molecule has 19 heavy (non-hydrogen) atoms. The van der Waals surface area contributed by atoms with Crippen molar-refractivity contribution >= 4 is 5.91 Å². The Hall–Kier alpha value is -1.71. The van der Waals surface area contributed by atoms with E-state index in [1.54, 1.807) is 13.2 Å². The molecular weight excluding hydrogens is 242 g/mol. The molecule has 0 heterocycles. The SMILES string of the molecule is CC[C@H](Oc1ccccc1OC)C(=O)N[C@@H](C)CC. The molecule has 0 aliphatic carbocycles. The van der Waals surface area contributed by atoms with Crippen LogP contribution in [0, 0.1) is 0 Å². The van der Waals surface area contributed by atoms with Crippen molar-refractivity contribution in [2.75, 3.05) is 7.11 Å². The van der Waals surface area contributed by atoms with Crippen LogP contribution < -0.4 is 14.8 Å². The fraction of sp³-hybridized carbons (Fsp3) is 0.533. The number of amides is 1. The van der Waals surface area contributed by atoms with Crippen molar-refractivity contribution in [2.45, 2.75) is 45.8 Å². The molecule has 0 saturated heterocycles. The summed E-state index contributed by atoms with van der Waals surface area (Å²) in [5.74, 6) is 1.15. The summed E-state index contributed by atoms with van der Waals surface area (Å²) in [4.78, 5) is 12.1. The molecule has 0 radical (unpaired) electrons. The van der Waals surface area contributed by atoms with Crippen molar-refractivity contribution in [3.8, 4) is 11.5 Å². The highest BCUT2D eigenvalue weighted by atomic mass is 16.5. The maximum atomic E-state index is 12.1. The number of carbonyl (C=O) groups excluding carboxylic acids is 1. The highest BCUT2D eigenvalue weighted by Crippen LogP contribution is 2.27. The molecule has 1 N–H and O–H groups in total. The van der Waals surface area contributed by atoms with Gasteiger partial charge in [0, 0.05) is 6.04 Å². The minimum absolute atomic E-state index is 0.0808. The van der Waals surface area contributed by atoms with Gasteiger partial charge >= 0.3 is 0 Å². The van der Waals surface area contributed by atoms with Gasteiger partial charge in [-0.15, -0.1) is 0 Å². The first kappa shape index (κ1) is 15.3. The second kappa shape index (κ2) is 7.67. The number of benzene rings is 1. The van der Waals surface area contributed by atoms with Crippen LogP contribution in [0.15, 0.2) is 24.3 Å². The smallest absolute Gasteiger partial charge is 0.261 e. The quantitative estimate of drug-likeness (QED) is 0.824. The number of nitrogens with one attached hydrogen (secondary N) is 1. The molecule has 0 aliphatic heterocycles. The number of rotatable bonds is 7. The molecule has 0 aromatic heterocycles. The first-order valence-electron chi connectivity index (χ1n) is 6.72. The lowest BCUT2D eigenvalue weighted by Crippen LogP contribution is -2.42. The summed E-state index contributed by atoms with van der Waals surface area (Å²) in [5.41, 5.74) is 0. The van der Waals surface area contributed by atoms with Crippen LogP contribution in [0.4, 0.5) is 0 Å². The Balaban J connectivity index is 2.73. The molecule has 2 atom stereocenters. The van der Waals surface area contributed by atoms with Gasteiger partial charge in [-0.05, 0) is 31.9 Å². The monoisotopic (exact) mass is 265 g/mol. The fourth-order valence-corrected chi connectivity index (χ4v) is 1.63. The lowest BCUT2D eigenvalue weighted by Gasteiger charge is -2.20. The van der Waals surface area contributed by atoms with Gasteiger partial charge in [-0.2, -0.15) is 0 Å². The van der Waals surface area contributed by atoms with Crippen molar-refractivity contribution in [2.24, 2.45) is 0 Å². The molecule has 1 rings (SSSR count). The van der Waals surface area contributed by atoms with Crippen LogP contribution in [0.1, 0.15) is 33.6 Å². The van der Waals surface area contributed by atoms with E-state index in [9.17, 15) is 4.79 Å². The number of hydrogen-bond acceptors (Lipinski definition) is 3. The molecule has 106 valence electrons. The molecule has 0 saturated carbocycles. The Kier molecular flexibility index (Phi) is 6.19. The zero-order valence-corrected chi connectivity index (χ0v) is 12.1. The van der Waals surface area contributed by atoms with Gasteiger partial charge < -0.3 is 14.8 Å². The largest absolute Gasteiger partial charge is 0.493 e. The third-order valence-corrected chi connectivity index (χ3v) is 3.00. The Morgan fingerprint density at radius 2 is 1.84 bits per heavy atom. The van der Waals surface area contributed by atoms with Crippen molar-refractivity contribution in [1.82, 2.24) is 5.32 Å². The number of para-hydroxylation sites is 2. The molecule has 1 aromatic carbocycles. The van der Waals surface area contributed by atoms with Crippen LogP contribution in [-0.2, 0) is 4.79 Å². The summed E-state index contributed by atoms with van der Waals surface area (Å²) >= 11 is 0. The molecular formula is C15H23NO3. The number of carbonyl (C=O) groups is 1. The van der Waals surface area contributed by atoms with E-state index in [1.165, 1.54) is 0 Å². The average molecular weight is 265 g/mol. The number of ether oxygens (including phenoxy) is 2. The Bertz CT molecular complexity index is 406. The topological polar surface area (TPSA) is 47.6 Å². The fourth-order valence-electron chi connectivity index (χ4n) is 1.63. The minimum Gasteiger partial charge on any atom is -0.493 e. The highest BCUT2D eigenvalue weighted by molar-refractivity contribution is 5.81. The predicted molar refractivity (Wildman–Crippen MR) is 75.6 cm³/mol. The molecule has 0 unspecified atom stereocenters.